The minimum Gasteiger partial charge on any atom is -0.408 e. The van der Waals surface area contributed by atoms with E-state index in [0.717, 1.165) is 12.1 Å². The van der Waals surface area contributed by atoms with Gasteiger partial charge in [-0.3, -0.25) is 14.6 Å². The minimum absolute atomic E-state index is 0.0992. The number of amides is 2. The predicted octanol–water partition coefficient (Wildman–Crippen LogP) is 2.84. The molecule has 1 aliphatic rings. The second-order valence-corrected chi connectivity index (χ2v) is 7.60. The molecule has 2 heterocycles. The highest BCUT2D eigenvalue weighted by atomic mass is 35.5. The molecule has 1 aliphatic heterocycles. The molecular weight excluding hydrogens is 408 g/mol. The standard InChI is InChI=1S/C21H21ClN4O4/c1-2-15-12-25(9-10-26(15)16-6-3-13(22)4-7-16)20(28)19(27)23-14-5-8-17-18(11-14)30-21(29)24-17/h3-8,11,15H,2,9-10,12H2,1H3,(H,23,27)(H,24,29)/t15-/m1/s1. The van der Waals surface area contributed by atoms with Crippen LogP contribution in [0.4, 0.5) is 11.4 Å². The highest BCUT2D eigenvalue weighted by Crippen LogP contribution is 2.24. The molecule has 0 aliphatic carbocycles. The number of hydrogen-bond donors (Lipinski definition) is 2. The van der Waals surface area contributed by atoms with Gasteiger partial charge in [0.05, 0.1) is 5.52 Å². The molecule has 3 aromatic rings. The Morgan fingerprint density at radius 1 is 1.20 bits per heavy atom. The molecule has 2 N–H and O–H groups in total. The average molecular weight is 429 g/mol. The molecule has 30 heavy (non-hydrogen) atoms. The van der Waals surface area contributed by atoms with Gasteiger partial charge in [-0.05, 0) is 42.8 Å². The van der Waals surface area contributed by atoms with Crippen molar-refractivity contribution >= 4 is 45.9 Å². The molecule has 9 heteroatoms. The van der Waals surface area contributed by atoms with Crippen LogP contribution in [-0.2, 0) is 9.59 Å². The number of carbonyl (C=O) groups excluding carboxylic acids is 2. The third-order valence-electron chi connectivity index (χ3n) is 5.27. The number of piperazine rings is 1. The predicted molar refractivity (Wildman–Crippen MR) is 115 cm³/mol. The first kappa shape index (κ1) is 20.0. The lowest BCUT2D eigenvalue weighted by Gasteiger charge is -2.42. The number of H-pyrrole nitrogens is 1. The van der Waals surface area contributed by atoms with Crippen LogP contribution in [0.1, 0.15) is 13.3 Å². The van der Waals surface area contributed by atoms with Gasteiger partial charge in [0.15, 0.2) is 5.58 Å². The van der Waals surface area contributed by atoms with E-state index in [0.29, 0.717) is 41.4 Å². The van der Waals surface area contributed by atoms with Crippen molar-refractivity contribution in [2.45, 2.75) is 19.4 Å². The molecule has 0 saturated carbocycles. The molecular formula is C21H21ClN4O4. The Bertz CT molecular complexity index is 1140. The number of fused-ring (bicyclic) bond motifs is 1. The minimum atomic E-state index is -0.720. The number of aromatic amines is 1. The summed E-state index contributed by atoms with van der Waals surface area (Å²) < 4.78 is 4.99. The van der Waals surface area contributed by atoms with Crippen molar-refractivity contribution in [2.75, 3.05) is 29.9 Å². The molecule has 0 bridgehead atoms. The fourth-order valence-corrected chi connectivity index (χ4v) is 3.84. The van der Waals surface area contributed by atoms with Crippen LogP contribution in [0.15, 0.2) is 51.7 Å². The summed E-state index contributed by atoms with van der Waals surface area (Å²) in [5.74, 6) is -1.88. The molecule has 8 nitrogen and oxygen atoms in total. The van der Waals surface area contributed by atoms with Gasteiger partial charge in [-0.15, -0.1) is 0 Å². The van der Waals surface area contributed by atoms with Crippen LogP contribution in [0.3, 0.4) is 0 Å². The van der Waals surface area contributed by atoms with Crippen molar-refractivity contribution in [3.8, 4) is 0 Å². The molecule has 0 radical (unpaired) electrons. The Morgan fingerprint density at radius 2 is 1.97 bits per heavy atom. The van der Waals surface area contributed by atoms with Gasteiger partial charge >= 0.3 is 17.6 Å². The van der Waals surface area contributed by atoms with E-state index < -0.39 is 17.6 Å². The Hall–Kier alpha value is -3.26. The Balaban J connectivity index is 1.43. The summed E-state index contributed by atoms with van der Waals surface area (Å²) in [6.45, 7) is 3.58. The Kier molecular flexibility index (Phi) is 5.50. The van der Waals surface area contributed by atoms with Gasteiger partial charge in [0.2, 0.25) is 0 Å². The number of halogens is 1. The maximum Gasteiger partial charge on any atom is 0.417 e. The van der Waals surface area contributed by atoms with Crippen molar-refractivity contribution in [3.05, 3.63) is 58.0 Å². The summed E-state index contributed by atoms with van der Waals surface area (Å²) in [6.07, 6.45) is 0.831. The number of nitrogens with one attached hydrogen (secondary N) is 2. The fraction of sp³-hybridized carbons (Fsp3) is 0.286. The second-order valence-electron chi connectivity index (χ2n) is 7.16. The van der Waals surface area contributed by atoms with Crippen molar-refractivity contribution in [1.82, 2.24) is 9.88 Å². The molecule has 4 rings (SSSR count). The summed E-state index contributed by atoms with van der Waals surface area (Å²) in [6, 6.07) is 12.4. The molecule has 0 unspecified atom stereocenters. The van der Waals surface area contributed by atoms with Crippen molar-refractivity contribution in [3.63, 3.8) is 0 Å². The van der Waals surface area contributed by atoms with Crippen molar-refractivity contribution in [2.24, 2.45) is 0 Å². The third-order valence-corrected chi connectivity index (χ3v) is 5.52. The summed E-state index contributed by atoms with van der Waals surface area (Å²) in [5, 5.41) is 3.26. The second kappa shape index (κ2) is 8.23. The van der Waals surface area contributed by atoms with Crippen LogP contribution >= 0.6 is 11.6 Å². The SMILES string of the molecule is CC[C@@H]1CN(C(=O)C(=O)Nc2ccc3[nH]c(=O)oc3c2)CCN1c1ccc(Cl)cc1. The molecule has 2 aromatic carbocycles. The summed E-state index contributed by atoms with van der Waals surface area (Å²) in [5.41, 5.74) is 2.26. The lowest BCUT2D eigenvalue weighted by molar-refractivity contribution is -0.143. The van der Waals surface area contributed by atoms with Crippen LogP contribution in [0.5, 0.6) is 0 Å². The van der Waals surface area contributed by atoms with E-state index in [-0.39, 0.29) is 6.04 Å². The molecule has 156 valence electrons. The Morgan fingerprint density at radius 3 is 2.70 bits per heavy atom. The van der Waals surface area contributed by atoms with Crippen LogP contribution in [0.2, 0.25) is 5.02 Å². The van der Waals surface area contributed by atoms with E-state index in [9.17, 15) is 14.4 Å². The summed E-state index contributed by atoms with van der Waals surface area (Å²) in [7, 11) is 0. The molecule has 1 atom stereocenters. The normalized spacial score (nSPS) is 16.7. The zero-order valence-electron chi connectivity index (χ0n) is 16.4. The largest absolute Gasteiger partial charge is 0.417 e. The van der Waals surface area contributed by atoms with Crippen molar-refractivity contribution < 1.29 is 14.0 Å². The number of rotatable bonds is 3. The maximum absolute atomic E-state index is 12.7. The average Bonchev–Trinajstić information content (AvgIpc) is 3.12. The van der Waals surface area contributed by atoms with Gasteiger partial charge in [0, 0.05) is 48.1 Å². The number of benzene rings is 2. The van der Waals surface area contributed by atoms with E-state index in [1.54, 1.807) is 17.0 Å². The summed E-state index contributed by atoms with van der Waals surface area (Å²) >= 11 is 5.98. The maximum atomic E-state index is 12.7. The lowest BCUT2D eigenvalue weighted by Crippen LogP contribution is -2.56. The van der Waals surface area contributed by atoms with Crippen molar-refractivity contribution in [1.29, 1.82) is 0 Å². The smallest absolute Gasteiger partial charge is 0.408 e. The van der Waals surface area contributed by atoms with Gasteiger partial charge in [0.25, 0.3) is 0 Å². The van der Waals surface area contributed by atoms with Crippen LogP contribution in [0, 0.1) is 0 Å². The molecule has 2 amide bonds. The number of carbonyl (C=O) groups is 2. The van der Waals surface area contributed by atoms with Gasteiger partial charge < -0.3 is 19.5 Å². The first-order chi connectivity index (χ1) is 14.4. The molecule has 1 fully saturated rings. The van der Waals surface area contributed by atoms with E-state index in [2.05, 4.69) is 22.1 Å². The van der Waals surface area contributed by atoms with Crippen LogP contribution in [0.25, 0.3) is 11.1 Å². The van der Waals surface area contributed by atoms with Gasteiger partial charge in [0.1, 0.15) is 0 Å². The van der Waals surface area contributed by atoms with Crippen LogP contribution in [-0.4, -0.2) is 47.4 Å². The van der Waals surface area contributed by atoms with E-state index >= 15 is 0 Å². The first-order valence-corrected chi connectivity index (χ1v) is 10.1. The zero-order valence-corrected chi connectivity index (χ0v) is 17.1. The van der Waals surface area contributed by atoms with Crippen LogP contribution < -0.4 is 16.0 Å². The number of hydrogen-bond acceptors (Lipinski definition) is 5. The number of nitrogens with zero attached hydrogens (tertiary/aromatic N) is 2. The van der Waals surface area contributed by atoms with E-state index in [4.69, 9.17) is 16.0 Å². The third kappa shape index (κ3) is 4.04. The fourth-order valence-electron chi connectivity index (χ4n) is 3.71. The van der Waals surface area contributed by atoms with Gasteiger partial charge in [-0.25, -0.2) is 4.79 Å². The topological polar surface area (TPSA) is 98.7 Å². The van der Waals surface area contributed by atoms with E-state index in [1.807, 2.05) is 24.3 Å². The lowest BCUT2D eigenvalue weighted by atomic mass is 10.1. The number of oxazole rings is 1. The molecule has 1 saturated heterocycles. The molecule has 1 aromatic heterocycles. The van der Waals surface area contributed by atoms with E-state index in [1.165, 1.54) is 6.07 Å². The first-order valence-electron chi connectivity index (χ1n) is 9.70. The quantitative estimate of drug-likeness (QED) is 0.625. The van der Waals surface area contributed by atoms with Gasteiger partial charge in [-0.2, -0.15) is 0 Å². The number of aromatic nitrogens is 1. The monoisotopic (exact) mass is 428 g/mol. The van der Waals surface area contributed by atoms with Gasteiger partial charge in [-0.1, -0.05) is 18.5 Å². The number of anilines is 2. The summed E-state index contributed by atoms with van der Waals surface area (Å²) in [4.78, 5) is 42.8. The highest BCUT2D eigenvalue weighted by molar-refractivity contribution is 6.39. The zero-order chi connectivity index (χ0) is 21.3. The highest BCUT2D eigenvalue weighted by Gasteiger charge is 2.31. The molecule has 0 spiro atoms. The Labute approximate surface area is 177 Å².